The largest absolute Gasteiger partial charge is 0.417 e. The quantitative estimate of drug-likeness (QED) is 0.821. The van der Waals surface area contributed by atoms with Gasteiger partial charge in [-0.05, 0) is 43.6 Å². The second-order valence-corrected chi connectivity index (χ2v) is 5.20. The summed E-state index contributed by atoms with van der Waals surface area (Å²) < 4.78 is 4.98. The van der Waals surface area contributed by atoms with Gasteiger partial charge in [-0.25, -0.2) is 4.79 Å². The number of benzene rings is 1. The van der Waals surface area contributed by atoms with Crippen LogP contribution in [-0.2, 0) is 6.42 Å². The molecule has 3 N–H and O–H groups in total. The Hall–Kier alpha value is -1.59. The summed E-state index contributed by atoms with van der Waals surface area (Å²) in [6, 6.07) is 5.81. The van der Waals surface area contributed by atoms with Gasteiger partial charge in [-0.3, -0.25) is 4.98 Å². The van der Waals surface area contributed by atoms with Crippen LogP contribution >= 0.6 is 0 Å². The Bertz CT molecular complexity index is 588. The third kappa shape index (κ3) is 3.68. The predicted octanol–water partition coefficient (Wildman–Crippen LogP) is 1.19. The summed E-state index contributed by atoms with van der Waals surface area (Å²) in [5.74, 6) is 0.110. The van der Waals surface area contributed by atoms with Gasteiger partial charge in [0.25, 0.3) is 0 Å². The van der Waals surface area contributed by atoms with E-state index in [4.69, 9.17) is 10.2 Å². The smallest absolute Gasteiger partial charge is 0.408 e. The fraction of sp³-hybridized carbons (Fsp3) is 0.500. The minimum absolute atomic E-state index is 0.402. The van der Waals surface area contributed by atoms with Gasteiger partial charge in [0, 0.05) is 13.1 Å². The van der Waals surface area contributed by atoms with Crippen LogP contribution in [-0.4, -0.2) is 36.6 Å². The highest BCUT2D eigenvalue weighted by Crippen LogP contribution is 2.13. The second kappa shape index (κ2) is 6.04. The molecule has 0 aliphatic carbocycles. The predicted molar refractivity (Wildman–Crippen MR) is 76.3 cm³/mol. The van der Waals surface area contributed by atoms with Crippen LogP contribution in [0.1, 0.15) is 12.5 Å². The minimum atomic E-state index is -0.402. The molecule has 0 radical (unpaired) electrons. The van der Waals surface area contributed by atoms with E-state index >= 15 is 0 Å². The number of aromatic nitrogens is 1. The molecule has 0 amide bonds. The first-order valence-electron chi connectivity index (χ1n) is 6.59. The van der Waals surface area contributed by atoms with Crippen molar-refractivity contribution in [2.75, 3.05) is 26.7 Å². The number of fused-ring (bicyclic) bond motifs is 1. The average Bonchev–Trinajstić information content (AvgIpc) is 2.75. The van der Waals surface area contributed by atoms with Crippen LogP contribution in [0.15, 0.2) is 27.4 Å². The van der Waals surface area contributed by atoms with Crippen molar-refractivity contribution in [1.29, 1.82) is 0 Å². The van der Waals surface area contributed by atoms with E-state index in [1.54, 1.807) is 0 Å². The molecule has 5 nitrogen and oxygen atoms in total. The second-order valence-electron chi connectivity index (χ2n) is 5.20. The Labute approximate surface area is 112 Å². The van der Waals surface area contributed by atoms with E-state index in [1.165, 1.54) is 5.56 Å². The number of hydrogen-bond acceptors (Lipinski definition) is 4. The van der Waals surface area contributed by atoms with Crippen LogP contribution in [0, 0.1) is 5.92 Å². The van der Waals surface area contributed by atoms with E-state index in [0.717, 1.165) is 25.0 Å². The zero-order chi connectivity index (χ0) is 13.8. The van der Waals surface area contributed by atoms with Gasteiger partial charge in [0.1, 0.15) is 0 Å². The zero-order valence-electron chi connectivity index (χ0n) is 11.5. The van der Waals surface area contributed by atoms with Gasteiger partial charge in [-0.15, -0.1) is 0 Å². The number of oxazole rings is 1. The first-order valence-corrected chi connectivity index (χ1v) is 6.59. The van der Waals surface area contributed by atoms with Crippen molar-refractivity contribution in [3.8, 4) is 0 Å². The molecule has 5 heteroatoms. The first-order chi connectivity index (χ1) is 9.08. The van der Waals surface area contributed by atoms with Crippen molar-refractivity contribution in [2.45, 2.75) is 13.3 Å². The molecular weight excluding hydrogens is 242 g/mol. The topological polar surface area (TPSA) is 75.3 Å². The minimum Gasteiger partial charge on any atom is -0.408 e. The summed E-state index contributed by atoms with van der Waals surface area (Å²) in [5.41, 5.74) is 8.19. The fourth-order valence-electron chi connectivity index (χ4n) is 2.17. The van der Waals surface area contributed by atoms with E-state index in [9.17, 15) is 4.79 Å². The normalized spacial score (nSPS) is 13.3. The highest BCUT2D eigenvalue weighted by molar-refractivity contribution is 5.72. The van der Waals surface area contributed by atoms with Gasteiger partial charge in [0.05, 0.1) is 5.52 Å². The maximum Gasteiger partial charge on any atom is 0.417 e. The molecule has 19 heavy (non-hydrogen) atoms. The van der Waals surface area contributed by atoms with Crippen molar-refractivity contribution in [3.63, 3.8) is 0 Å². The Morgan fingerprint density at radius 1 is 1.47 bits per heavy atom. The van der Waals surface area contributed by atoms with Crippen LogP contribution in [0.5, 0.6) is 0 Å². The lowest BCUT2D eigenvalue weighted by atomic mass is 10.1. The summed E-state index contributed by atoms with van der Waals surface area (Å²) in [4.78, 5) is 16.0. The van der Waals surface area contributed by atoms with Gasteiger partial charge in [0.2, 0.25) is 0 Å². The van der Waals surface area contributed by atoms with Crippen LogP contribution in [0.25, 0.3) is 11.1 Å². The third-order valence-electron chi connectivity index (χ3n) is 3.29. The number of aromatic amines is 1. The highest BCUT2D eigenvalue weighted by atomic mass is 16.4. The molecule has 0 aliphatic rings. The Morgan fingerprint density at radius 2 is 2.26 bits per heavy atom. The van der Waals surface area contributed by atoms with Crippen LogP contribution in [0.4, 0.5) is 0 Å². The van der Waals surface area contributed by atoms with E-state index < -0.39 is 5.76 Å². The molecule has 0 saturated heterocycles. The molecule has 1 aromatic carbocycles. The monoisotopic (exact) mass is 263 g/mol. The standard InChI is InChI=1S/C14H21N3O2/c1-10(8-15)9-17(2)6-5-11-3-4-13-12(7-11)16-14(18)19-13/h3-4,7,10H,5-6,8-9,15H2,1-2H3,(H,16,18). The molecule has 1 heterocycles. The number of nitrogens with two attached hydrogens (primary N) is 1. The maximum absolute atomic E-state index is 11.1. The van der Waals surface area contributed by atoms with Crippen LogP contribution < -0.4 is 11.5 Å². The molecular formula is C14H21N3O2. The molecule has 1 aromatic heterocycles. The van der Waals surface area contributed by atoms with Gasteiger partial charge in [-0.1, -0.05) is 13.0 Å². The summed E-state index contributed by atoms with van der Waals surface area (Å²) in [6.45, 7) is 4.84. The van der Waals surface area contributed by atoms with E-state index in [2.05, 4.69) is 23.9 Å². The Balaban J connectivity index is 1.95. The van der Waals surface area contributed by atoms with Gasteiger partial charge >= 0.3 is 5.76 Å². The summed E-state index contributed by atoms with van der Waals surface area (Å²) in [7, 11) is 2.10. The Kier molecular flexibility index (Phi) is 4.39. The number of likely N-dealkylation sites (N-methyl/N-ethyl adjacent to an activating group) is 1. The highest BCUT2D eigenvalue weighted by Gasteiger charge is 2.06. The molecule has 1 unspecified atom stereocenters. The lowest BCUT2D eigenvalue weighted by molar-refractivity contribution is 0.292. The van der Waals surface area contributed by atoms with Crippen molar-refractivity contribution < 1.29 is 4.42 Å². The van der Waals surface area contributed by atoms with Gasteiger partial charge < -0.3 is 15.1 Å². The lowest BCUT2D eigenvalue weighted by Gasteiger charge is -2.20. The van der Waals surface area contributed by atoms with Gasteiger partial charge in [0.15, 0.2) is 5.58 Å². The van der Waals surface area contributed by atoms with E-state index in [0.29, 0.717) is 18.0 Å². The molecule has 0 aliphatic heterocycles. The molecule has 0 saturated carbocycles. The van der Waals surface area contributed by atoms with E-state index in [-0.39, 0.29) is 0 Å². The number of hydrogen-bond donors (Lipinski definition) is 2. The van der Waals surface area contributed by atoms with Crippen molar-refractivity contribution in [3.05, 3.63) is 34.3 Å². The van der Waals surface area contributed by atoms with Crippen molar-refractivity contribution in [2.24, 2.45) is 11.7 Å². The molecule has 0 fully saturated rings. The summed E-state index contributed by atoms with van der Waals surface area (Å²) in [5, 5.41) is 0. The van der Waals surface area contributed by atoms with Crippen LogP contribution in [0.3, 0.4) is 0 Å². The molecule has 0 bridgehead atoms. The SMILES string of the molecule is CC(CN)CN(C)CCc1ccc2oc(=O)[nH]c2c1. The lowest BCUT2D eigenvalue weighted by Crippen LogP contribution is -2.29. The molecule has 2 rings (SSSR count). The molecule has 0 spiro atoms. The number of H-pyrrole nitrogens is 1. The third-order valence-corrected chi connectivity index (χ3v) is 3.29. The summed E-state index contributed by atoms with van der Waals surface area (Å²) >= 11 is 0. The number of rotatable bonds is 6. The molecule has 104 valence electrons. The average molecular weight is 263 g/mol. The fourth-order valence-corrected chi connectivity index (χ4v) is 2.17. The van der Waals surface area contributed by atoms with Crippen molar-refractivity contribution in [1.82, 2.24) is 9.88 Å². The molecule has 1 atom stereocenters. The summed E-state index contributed by atoms with van der Waals surface area (Å²) in [6.07, 6.45) is 0.941. The maximum atomic E-state index is 11.1. The van der Waals surface area contributed by atoms with Crippen molar-refractivity contribution >= 4 is 11.1 Å². The molecule has 2 aromatic rings. The Morgan fingerprint density at radius 3 is 3.00 bits per heavy atom. The van der Waals surface area contributed by atoms with Gasteiger partial charge in [-0.2, -0.15) is 0 Å². The number of nitrogens with zero attached hydrogens (tertiary/aromatic N) is 1. The number of nitrogens with one attached hydrogen (secondary N) is 1. The zero-order valence-corrected chi connectivity index (χ0v) is 11.5. The van der Waals surface area contributed by atoms with Crippen LogP contribution in [0.2, 0.25) is 0 Å². The first kappa shape index (κ1) is 13.8. The van der Waals surface area contributed by atoms with E-state index in [1.807, 2.05) is 18.2 Å².